The molecule has 1 aromatic heterocycles. The number of nitrogen functional groups attached to an aromatic ring is 1. The second-order valence-electron chi connectivity index (χ2n) is 12.2. The molecule has 34 heavy (non-hydrogen) atoms. The third kappa shape index (κ3) is 3.46. The molecule has 1 fully saturated rings. The van der Waals surface area contributed by atoms with Gasteiger partial charge < -0.3 is 20.9 Å². The molecule has 2 aliphatic rings. The number of anilines is 2. The van der Waals surface area contributed by atoms with E-state index in [-0.39, 0.29) is 28.2 Å². The number of hydrogen-bond acceptors (Lipinski definition) is 4. The van der Waals surface area contributed by atoms with Gasteiger partial charge >= 0.3 is 0 Å². The normalized spacial score (nSPS) is 23.6. The SMILES string of the molecule is CC(C)(C)CNc1cc2c(cc1N)C[C@H]1N(C(=O)c3ccc4nc[nH]c4c3)CC[C@]2(C)C1(C)C. The summed E-state index contributed by atoms with van der Waals surface area (Å²) in [5.74, 6) is 0.0940. The average molecular weight is 460 g/mol. The number of H-pyrrole nitrogens is 1. The molecule has 180 valence electrons. The van der Waals surface area contributed by atoms with Gasteiger partial charge in [-0.05, 0) is 65.1 Å². The van der Waals surface area contributed by atoms with Gasteiger partial charge in [0.15, 0.2) is 0 Å². The van der Waals surface area contributed by atoms with Crippen molar-refractivity contribution in [1.29, 1.82) is 0 Å². The minimum Gasteiger partial charge on any atom is -0.397 e. The molecule has 5 rings (SSSR count). The minimum atomic E-state index is -0.0799. The number of aromatic nitrogens is 2. The number of benzene rings is 2. The second-order valence-corrected chi connectivity index (χ2v) is 12.2. The summed E-state index contributed by atoms with van der Waals surface area (Å²) in [6.45, 7) is 15.3. The Morgan fingerprint density at radius 3 is 2.74 bits per heavy atom. The van der Waals surface area contributed by atoms with Gasteiger partial charge in [-0.3, -0.25) is 4.79 Å². The number of carbonyl (C=O) groups excluding carboxylic acids is 1. The fourth-order valence-corrected chi connectivity index (χ4v) is 5.97. The standard InChI is InChI=1S/C28H37N5O/c1-26(2,3)15-30-22-14-19-18(11-20(22)29)13-24-27(4,5)28(19,6)9-10-33(24)25(34)17-7-8-21-23(12-17)32-16-31-21/h7-8,11-12,14,16,24,30H,9-10,13,15,29H2,1-6H3,(H,31,32)/t24-,28+/m1/s1. The Balaban J connectivity index is 1.51. The van der Waals surface area contributed by atoms with E-state index in [0.717, 1.165) is 48.3 Å². The molecule has 6 nitrogen and oxygen atoms in total. The Morgan fingerprint density at radius 2 is 2.00 bits per heavy atom. The van der Waals surface area contributed by atoms with Gasteiger partial charge in [0.05, 0.1) is 28.7 Å². The highest BCUT2D eigenvalue weighted by atomic mass is 16.2. The van der Waals surface area contributed by atoms with Gasteiger partial charge in [-0.15, -0.1) is 0 Å². The van der Waals surface area contributed by atoms with Crippen LogP contribution in [0.5, 0.6) is 0 Å². The lowest BCUT2D eigenvalue weighted by Crippen LogP contribution is -2.64. The van der Waals surface area contributed by atoms with Gasteiger partial charge in [-0.2, -0.15) is 0 Å². The zero-order valence-corrected chi connectivity index (χ0v) is 21.2. The molecule has 4 N–H and O–H groups in total. The van der Waals surface area contributed by atoms with E-state index in [1.165, 1.54) is 11.1 Å². The molecule has 1 aliphatic carbocycles. The van der Waals surface area contributed by atoms with Crippen LogP contribution in [0.3, 0.4) is 0 Å². The lowest BCUT2D eigenvalue weighted by atomic mass is 9.51. The van der Waals surface area contributed by atoms with Gasteiger partial charge in [0.1, 0.15) is 0 Å². The lowest BCUT2D eigenvalue weighted by Gasteiger charge is -2.61. The van der Waals surface area contributed by atoms with Crippen molar-refractivity contribution >= 4 is 28.3 Å². The fourth-order valence-electron chi connectivity index (χ4n) is 5.97. The van der Waals surface area contributed by atoms with Crippen molar-refractivity contribution in [3.8, 4) is 0 Å². The first-order valence-electron chi connectivity index (χ1n) is 12.3. The summed E-state index contributed by atoms with van der Waals surface area (Å²) in [6, 6.07) is 10.3. The number of likely N-dealkylation sites (tertiary alicyclic amines) is 1. The van der Waals surface area contributed by atoms with Crippen molar-refractivity contribution in [3.63, 3.8) is 0 Å². The first kappa shape index (κ1) is 22.8. The van der Waals surface area contributed by atoms with Crippen LogP contribution in [0.25, 0.3) is 11.0 Å². The smallest absolute Gasteiger partial charge is 0.254 e. The molecule has 0 saturated carbocycles. The quantitative estimate of drug-likeness (QED) is 0.460. The van der Waals surface area contributed by atoms with E-state index < -0.39 is 0 Å². The molecule has 2 atom stereocenters. The predicted molar refractivity (Wildman–Crippen MR) is 139 cm³/mol. The molecular weight excluding hydrogens is 422 g/mol. The molecule has 3 aromatic rings. The average Bonchev–Trinajstić information content (AvgIpc) is 3.22. The van der Waals surface area contributed by atoms with Crippen LogP contribution in [-0.4, -0.2) is 39.9 Å². The maximum Gasteiger partial charge on any atom is 0.254 e. The predicted octanol–water partition coefficient (Wildman–Crippen LogP) is 5.36. The van der Waals surface area contributed by atoms with Gasteiger partial charge in [-0.1, -0.05) is 41.5 Å². The van der Waals surface area contributed by atoms with Crippen molar-refractivity contribution in [2.45, 2.75) is 65.8 Å². The van der Waals surface area contributed by atoms with Crippen LogP contribution in [-0.2, 0) is 11.8 Å². The zero-order chi connectivity index (χ0) is 24.5. The third-order valence-corrected chi connectivity index (χ3v) is 8.50. The molecule has 0 spiro atoms. The third-order valence-electron chi connectivity index (χ3n) is 8.50. The summed E-state index contributed by atoms with van der Waals surface area (Å²) >= 11 is 0. The summed E-state index contributed by atoms with van der Waals surface area (Å²) in [5.41, 5.74) is 13.5. The van der Waals surface area contributed by atoms with Gasteiger partial charge in [0, 0.05) is 30.1 Å². The molecule has 2 bridgehead atoms. The topological polar surface area (TPSA) is 87.0 Å². The van der Waals surface area contributed by atoms with Crippen LogP contribution in [0.1, 0.15) is 69.4 Å². The summed E-state index contributed by atoms with van der Waals surface area (Å²) in [5, 5.41) is 3.58. The summed E-state index contributed by atoms with van der Waals surface area (Å²) < 4.78 is 0. The van der Waals surface area contributed by atoms with Crippen LogP contribution in [0.2, 0.25) is 0 Å². The Morgan fingerprint density at radius 1 is 1.24 bits per heavy atom. The first-order chi connectivity index (χ1) is 15.9. The number of imidazole rings is 1. The number of hydrogen-bond donors (Lipinski definition) is 3. The number of fused-ring (bicyclic) bond motifs is 5. The molecule has 1 saturated heterocycles. The Bertz CT molecular complexity index is 1270. The summed E-state index contributed by atoms with van der Waals surface area (Å²) in [4.78, 5) is 23.2. The van der Waals surface area contributed by atoms with Gasteiger partial charge in [0.2, 0.25) is 0 Å². The van der Waals surface area contributed by atoms with Crippen LogP contribution in [0, 0.1) is 10.8 Å². The highest BCUT2D eigenvalue weighted by molar-refractivity contribution is 5.97. The van der Waals surface area contributed by atoms with Crippen molar-refractivity contribution in [1.82, 2.24) is 14.9 Å². The zero-order valence-electron chi connectivity index (χ0n) is 21.2. The minimum absolute atomic E-state index is 0.0405. The van der Waals surface area contributed by atoms with E-state index in [4.69, 9.17) is 5.73 Å². The Hall–Kier alpha value is -3.02. The molecule has 2 aromatic carbocycles. The Kier molecular flexibility index (Phi) is 5.01. The number of carbonyl (C=O) groups is 1. The highest BCUT2D eigenvalue weighted by Crippen LogP contribution is 2.57. The number of nitrogens with zero attached hydrogens (tertiary/aromatic N) is 2. The van der Waals surface area contributed by atoms with E-state index in [1.54, 1.807) is 6.33 Å². The van der Waals surface area contributed by atoms with Crippen molar-refractivity contribution < 1.29 is 4.79 Å². The highest BCUT2D eigenvalue weighted by Gasteiger charge is 2.57. The van der Waals surface area contributed by atoms with Crippen LogP contribution >= 0.6 is 0 Å². The van der Waals surface area contributed by atoms with E-state index in [9.17, 15) is 4.79 Å². The maximum atomic E-state index is 13.7. The van der Waals surface area contributed by atoms with E-state index in [1.807, 2.05) is 18.2 Å². The molecule has 6 heteroatoms. The molecule has 2 heterocycles. The number of nitrogens with one attached hydrogen (secondary N) is 2. The Labute approximate surface area is 202 Å². The largest absolute Gasteiger partial charge is 0.397 e. The summed E-state index contributed by atoms with van der Waals surface area (Å²) in [6.07, 6.45) is 3.41. The molecule has 0 unspecified atom stereocenters. The van der Waals surface area contributed by atoms with Crippen LogP contribution in [0.4, 0.5) is 11.4 Å². The monoisotopic (exact) mass is 459 g/mol. The first-order valence-corrected chi connectivity index (χ1v) is 12.3. The van der Waals surface area contributed by atoms with E-state index >= 15 is 0 Å². The number of nitrogens with two attached hydrogens (primary N) is 1. The molecular formula is C28H37N5O. The van der Waals surface area contributed by atoms with Crippen molar-refractivity contribution in [3.05, 3.63) is 53.3 Å². The van der Waals surface area contributed by atoms with Crippen molar-refractivity contribution in [2.24, 2.45) is 10.8 Å². The van der Waals surface area contributed by atoms with Gasteiger partial charge in [-0.25, -0.2) is 4.98 Å². The van der Waals surface area contributed by atoms with Crippen LogP contribution in [0.15, 0.2) is 36.7 Å². The lowest BCUT2D eigenvalue weighted by molar-refractivity contribution is -0.0261. The number of rotatable bonds is 3. The van der Waals surface area contributed by atoms with Gasteiger partial charge in [0.25, 0.3) is 5.91 Å². The second kappa shape index (κ2) is 7.49. The van der Waals surface area contributed by atoms with E-state index in [2.05, 4.69) is 73.9 Å². The number of piperidine rings is 1. The fraction of sp³-hybridized carbons (Fsp3) is 0.500. The number of amides is 1. The molecule has 1 aliphatic heterocycles. The van der Waals surface area contributed by atoms with Crippen LogP contribution < -0.4 is 11.1 Å². The van der Waals surface area contributed by atoms with E-state index in [0.29, 0.717) is 5.56 Å². The molecule has 1 amide bonds. The maximum absolute atomic E-state index is 13.7. The van der Waals surface area contributed by atoms with Crippen molar-refractivity contribution in [2.75, 3.05) is 24.1 Å². The summed E-state index contributed by atoms with van der Waals surface area (Å²) in [7, 11) is 0. The number of aromatic amines is 1. The molecule has 0 radical (unpaired) electrons.